The smallest absolute Gasteiger partial charge is 0.232 e. The fraction of sp³-hybridized carbons (Fsp3) is 0.400. The molecule has 0 saturated carbocycles. The molecule has 0 aromatic rings. The first-order valence-corrected chi connectivity index (χ1v) is 4.62. The molecule has 10 heavy (non-hydrogen) atoms. The van der Waals surface area contributed by atoms with Crippen molar-refractivity contribution in [1.29, 1.82) is 0 Å². The average molecular weight is 180 g/mol. The SMILES string of the molecule is CCC1=NC=C(Cl)S1(=O)=O. The quantitative estimate of drug-likeness (QED) is 0.609. The van der Waals surface area contributed by atoms with Crippen LogP contribution in [0, 0.1) is 0 Å². The van der Waals surface area contributed by atoms with E-state index in [0.29, 0.717) is 6.42 Å². The topological polar surface area (TPSA) is 46.5 Å². The summed E-state index contributed by atoms with van der Waals surface area (Å²) in [5.74, 6) is 0. The third-order valence-corrected chi connectivity index (χ3v) is 3.52. The minimum atomic E-state index is -3.34. The minimum Gasteiger partial charge on any atom is -0.246 e. The van der Waals surface area contributed by atoms with Crippen molar-refractivity contribution >= 4 is 26.5 Å². The predicted octanol–water partition coefficient (Wildman–Crippen LogP) is 1.26. The Balaban J connectivity index is 3.14. The van der Waals surface area contributed by atoms with Crippen LogP contribution in [0.3, 0.4) is 0 Å². The van der Waals surface area contributed by atoms with Gasteiger partial charge in [-0.15, -0.1) is 0 Å². The highest BCUT2D eigenvalue weighted by molar-refractivity contribution is 8.11. The molecule has 1 heterocycles. The summed E-state index contributed by atoms with van der Waals surface area (Å²) in [6, 6.07) is 0. The monoisotopic (exact) mass is 179 g/mol. The molecule has 0 aromatic heterocycles. The van der Waals surface area contributed by atoms with Crippen LogP contribution in [0.4, 0.5) is 0 Å². The molecule has 0 radical (unpaired) electrons. The first-order valence-electron chi connectivity index (χ1n) is 2.76. The second-order valence-corrected chi connectivity index (χ2v) is 4.36. The van der Waals surface area contributed by atoms with Gasteiger partial charge in [0, 0.05) is 0 Å². The van der Waals surface area contributed by atoms with Gasteiger partial charge in [0.05, 0.1) is 6.20 Å². The van der Waals surface area contributed by atoms with Gasteiger partial charge in [-0.1, -0.05) is 18.5 Å². The molecule has 0 aromatic carbocycles. The van der Waals surface area contributed by atoms with Gasteiger partial charge in [0.1, 0.15) is 5.04 Å². The zero-order valence-corrected chi connectivity index (χ0v) is 6.91. The van der Waals surface area contributed by atoms with Crippen molar-refractivity contribution in [1.82, 2.24) is 0 Å². The molecule has 1 rings (SSSR count). The maximum Gasteiger partial charge on any atom is 0.232 e. The molecule has 0 spiro atoms. The third kappa shape index (κ3) is 0.973. The minimum absolute atomic E-state index is 0.150. The number of hydrogen-bond donors (Lipinski definition) is 0. The highest BCUT2D eigenvalue weighted by Gasteiger charge is 2.26. The number of rotatable bonds is 1. The van der Waals surface area contributed by atoms with Crippen molar-refractivity contribution in [2.45, 2.75) is 13.3 Å². The molecule has 1 aliphatic heterocycles. The van der Waals surface area contributed by atoms with E-state index in [2.05, 4.69) is 4.99 Å². The Kier molecular flexibility index (Phi) is 1.83. The first kappa shape index (κ1) is 7.75. The molecule has 5 heteroatoms. The number of nitrogens with zero attached hydrogens (tertiary/aromatic N) is 1. The van der Waals surface area contributed by atoms with E-state index in [1.54, 1.807) is 6.92 Å². The lowest BCUT2D eigenvalue weighted by Crippen LogP contribution is -2.08. The lowest BCUT2D eigenvalue weighted by Gasteiger charge is -1.93. The summed E-state index contributed by atoms with van der Waals surface area (Å²) in [5, 5.41) is 0.150. The normalized spacial score (nSPS) is 22.2. The lowest BCUT2D eigenvalue weighted by atomic mass is 10.5. The van der Waals surface area contributed by atoms with Crippen molar-refractivity contribution in [3.05, 3.63) is 10.6 Å². The van der Waals surface area contributed by atoms with E-state index < -0.39 is 9.84 Å². The van der Waals surface area contributed by atoms with Crippen molar-refractivity contribution in [2.75, 3.05) is 0 Å². The molecular formula is C5H6ClNO2S. The van der Waals surface area contributed by atoms with Crippen molar-refractivity contribution in [3.63, 3.8) is 0 Å². The maximum absolute atomic E-state index is 11.0. The number of sulfone groups is 1. The van der Waals surface area contributed by atoms with Gasteiger partial charge in [0.25, 0.3) is 0 Å². The predicted molar refractivity (Wildman–Crippen MR) is 40.6 cm³/mol. The molecule has 56 valence electrons. The van der Waals surface area contributed by atoms with E-state index in [4.69, 9.17) is 11.6 Å². The van der Waals surface area contributed by atoms with E-state index in [1.165, 1.54) is 0 Å². The van der Waals surface area contributed by atoms with Crippen molar-refractivity contribution in [3.8, 4) is 0 Å². The highest BCUT2D eigenvalue weighted by Crippen LogP contribution is 2.21. The Morgan fingerprint density at radius 2 is 2.30 bits per heavy atom. The molecular weight excluding hydrogens is 174 g/mol. The van der Waals surface area contributed by atoms with Gasteiger partial charge in [-0.3, -0.25) is 0 Å². The number of aliphatic imine (C=N–C) groups is 1. The molecule has 0 unspecified atom stereocenters. The van der Waals surface area contributed by atoms with Gasteiger partial charge >= 0.3 is 0 Å². The van der Waals surface area contributed by atoms with Crippen LogP contribution in [0.15, 0.2) is 15.6 Å². The Hall–Kier alpha value is -0.350. The maximum atomic E-state index is 11.0. The highest BCUT2D eigenvalue weighted by atomic mass is 35.5. The summed E-state index contributed by atoms with van der Waals surface area (Å²) < 4.78 is 21.8. The van der Waals surface area contributed by atoms with Crippen LogP contribution in [0.1, 0.15) is 13.3 Å². The third-order valence-electron chi connectivity index (χ3n) is 1.18. The number of hydrogen-bond acceptors (Lipinski definition) is 3. The molecule has 0 bridgehead atoms. The van der Waals surface area contributed by atoms with Crippen LogP contribution in [-0.2, 0) is 9.84 Å². The first-order chi connectivity index (χ1) is 4.59. The summed E-state index contributed by atoms with van der Waals surface area (Å²) in [7, 11) is -3.34. The molecule has 0 fully saturated rings. The summed E-state index contributed by atoms with van der Waals surface area (Å²) in [6.07, 6.45) is 1.56. The van der Waals surface area contributed by atoms with Gasteiger partial charge in [0.2, 0.25) is 9.84 Å². The summed E-state index contributed by atoms with van der Waals surface area (Å²) in [5.41, 5.74) is 0. The van der Waals surface area contributed by atoms with Crippen LogP contribution in [0.2, 0.25) is 0 Å². The standard InChI is InChI=1S/C5H6ClNO2S/c1-2-5-7-3-4(6)10(5,8)9/h3H,2H2,1H3. The van der Waals surface area contributed by atoms with E-state index >= 15 is 0 Å². The van der Waals surface area contributed by atoms with Gasteiger partial charge in [0.15, 0.2) is 4.36 Å². The largest absolute Gasteiger partial charge is 0.246 e. The Labute approximate surface area is 64.3 Å². The van der Waals surface area contributed by atoms with Crippen LogP contribution in [0.5, 0.6) is 0 Å². The van der Waals surface area contributed by atoms with Gasteiger partial charge in [-0.25, -0.2) is 13.4 Å². The zero-order chi connectivity index (χ0) is 7.78. The Bertz CT molecular complexity index is 302. The van der Waals surface area contributed by atoms with Crippen molar-refractivity contribution < 1.29 is 8.42 Å². The van der Waals surface area contributed by atoms with E-state index in [0.717, 1.165) is 6.20 Å². The molecule has 0 saturated heterocycles. The molecule has 0 aliphatic carbocycles. The van der Waals surface area contributed by atoms with Crippen LogP contribution >= 0.6 is 11.6 Å². The Morgan fingerprint density at radius 1 is 1.70 bits per heavy atom. The van der Waals surface area contributed by atoms with Crippen LogP contribution in [-0.4, -0.2) is 13.5 Å². The van der Waals surface area contributed by atoms with Gasteiger partial charge < -0.3 is 0 Å². The molecule has 1 aliphatic rings. The van der Waals surface area contributed by atoms with Crippen LogP contribution in [0.25, 0.3) is 0 Å². The Morgan fingerprint density at radius 3 is 2.50 bits per heavy atom. The zero-order valence-electron chi connectivity index (χ0n) is 5.33. The molecule has 0 amide bonds. The summed E-state index contributed by atoms with van der Waals surface area (Å²) in [6.45, 7) is 1.72. The van der Waals surface area contributed by atoms with Gasteiger partial charge in [-0.05, 0) is 6.42 Å². The second kappa shape index (κ2) is 2.36. The molecule has 0 N–H and O–H groups in total. The lowest BCUT2D eigenvalue weighted by molar-refractivity contribution is 0.614. The van der Waals surface area contributed by atoms with E-state index in [9.17, 15) is 8.42 Å². The summed E-state index contributed by atoms with van der Waals surface area (Å²) in [4.78, 5) is 3.62. The van der Waals surface area contributed by atoms with Crippen molar-refractivity contribution in [2.24, 2.45) is 4.99 Å². The second-order valence-electron chi connectivity index (χ2n) is 1.81. The molecule has 0 atom stereocenters. The van der Waals surface area contributed by atoms with E-state index in [1.807, 2.05) is 0 Å². The fourth-order valence-electron chi connectivity index (χ4n) is 0.655. The average Bonchev–Trinajstić information content (AvgIpc) is 2.10. The number of halogens is 1. The summed E-state index contributed by atoms with van der Waals surface area (Å²) >= 11 is 5.34. The van der Waals surface area contributed by atoms with E-state index in [-0.39, 0.29) is 9.41 Å². The molecule has 3 nitrogen and oxygen atoms in total. The van der Waals surface area contributed by atoms with Gasteiger partial charge in [-0.2, -0.15) is 0 Å². The fourth-order valence-corrected chi connectivity index (χ4v) is 1.96. The van der Waals surface area contributed by atoms with Crippen LogP contribution < -0.4 is 0 Å².